The van der Waals surface area contributed by atoms with Gasteiger partial charge in [-0.1, -0.05) is 6.92 Å². The van der Waals surface area contributed by atoms with E-state index in [2.05, 4.69) is 15.3 Å². The highest BCUT2D eigenvalue weighted by Gasteiger charge is 2.28. The minimum absolute atomic E-state index is 0.129. The number of anilines is 2. The number of rotatable bonds is 5. The molecule has 0 radical (unpaired) electrons. The molecular formula is C11H17N5O3. The second-order valence-corrected chi connectivity index (χ2v) is 4.47. The standard InChI is InChI=1S/C11H17N5O3/c1-2-4-12-11-13-6-9(16(18)19)10(14-11)15-5-3-8(17)7-15/h6,8,17H,2-5,7H2,1H3,(H,12,13,14). The topological polar surface area (TPSA) is 104 Å². The molecule has 1 aliphatic heterocycles. The number of β-amino-alcohol motifs (C(OH)–C–C–N with tert-alkyl or cyclic N) is 1. The van der Waals surface area contributed by atoms with E-state index in [0.717, 1.165) is 6.42 Å². The van der Waals surface area contributed by atoms with E-state index in [1.807, 2.05) is 6.92 Å². The summed E-state index contributed by atoms with van der Waals surface area (Å²) in [6.45, 7) is 3.65. The molecule has 19 heavy (non-hydrogen) atoms. The first-order valence-electron chi connectivity index (χ1n) is 6.30. The molecule has 8 heteroatoms. The number of hydrogen-bond acceptors (Lipinski definition) is 7. The van der Waals surface area contributed by atoms with Crippen LogP contribution in [0.3, 0.4) is 0 Å². The van der Waals surface area contributed by atoms with Gasteiger partial charge in [-0.25, -0.2) is 4.98 Å². The van der Waals surface area contributed by atoms with Crippen LogP contribution in [-0.2, 0) is 0 Å². The van der Waals surface area contributed by atoms with Gasteiger partial charge in [-0.3, -0.25) is 10.1 Å². The predicted molar refractivity (Wildman–Crippen MR) is 70.3 cm³/mol. The van der Waals surface area contributed by atoms with Crippen molar-refractivity contribution in [2.45, 2.75) is 25.9 Å². The lowest BCUT2D eigenvalue weighted by Gasteiger charge is -2.16. The third-order valence-corrected chi connectivity index (χ3v) is 2.94. The summed E-state index contributed by atoms with van der Waals surface area (Å²) >= 11 is 0. The monoisotopic (exact) mass is 267 g/mol. The van der Waals surface area contributed by atoms with Crippen molar-refractivity contribution in [1.82, 2.24) is 9.97 Å². The fraction of sp³-hybridized carbons (Fsp3) is 0.636. The molecule has 1 fully saturated rings. The molecule has 0 aromatic carbocycles. The van der Waals surface area contributed by atoms with Crippen LogP contribution < -0.4 is 10.2 Å². The van der Waals surface area contributed by atoms with Crippen molar-refractivity contribution in [3.63, 3.8) is 0 Å². The Morgan fingerprint density at radius 1 is 1.68 bits per heavy atom. The van der Waals surface area contributed by atoms with Crippen LogP contribution >= 0.6 is 0 Å². The van der Waals surface area contributed by atoms with E-state index >= 15 is 0 Å². The van der Waals surface area contributed by atoms with Crippen LogP contribution in [0.25, 0.3) is 0 Å². The average molecular weight is 267 g/mol. The first-order chi connectivity index (χ1) is 9.11. The van der Waals surface area contributed by atoms with Gasteiger partial charge in [0.1, 0.15) is 6.20 Å². The highest BCUT2D eigenvalue weighted by Crippen LogP contribution is 2.28. The Morgan fingerprint density at radius 2 is 2.47 bits per heavy atom. The molecule has 2 N–H and O–H groups in total. The summed E-state index contributed by atoms with van der Waals surface area (Å²) in [6, 6.07) is 0. The zero-order valence-corrected chi connectivity index (χ0v) is 10.7. The normalized spacial score (nSPS) is 18.6. The van der Waals surface area contributed by atoms with Gasteiger partial charge in [0.15, 0.2) is 0 Å². The van der Waals surface area contributed by atoms with E-state index in [4.69, 9.17) is 0 Å². The zero-order chi connectivity index (χ0) is 13.8. The highest BCUT2D eigenvalue weighted by molar-refractivity contribution is 5.59. The van der Waals surface area contributed by atoms with Crippen LogP contribution in [0.5, 0.6) is 0 Å². The van der Waals surface area contributed by atoms with Gasteiger partial charge in [-0.2, -0.15) is 4.98 Å². The lowest BCUT2D eigenvalue weighted by Crippen LogP contribution is -2.24. The number of nitro groups is 1. The number of nitrogens with one attached hydrogen (secondary N) is 1. The fourth-order valence-electron chi connectivity index (χ4n) is 1.98. The van der Waals surface area contributed by atoms with Crippen molar-refractivity contribution in [2.24, 2.45) is 0 Å². The van der Waals surface area contributed by atoms with Crippen molar-refractivity contribution in [3.8, 4) is 0 Å². The maximum Gasteiger partial charge on any atom is 0.329 e. The van der Waals surface area contributed by atoms with Crippen molar-refractivity contribution >= 4 is 17.5 Å². The summed E-state index contributed by atoms with van der Waals surface area (Å²) < 4.78 is 0. The van der Waals surface area contributed by atoms with Gasteiger partial charge in [0, 0.05) is 19.6 Å². The Kier molecular flexibility index (Phi) is 4.10. The number of hydrogen-bond donors (Lipinski definition) is 2. The Morgan fingerprint density at radius 3 is 3.05 bits per heavy atom. The van der Waals surface area contributed by atoms with Gasteiger partial charge in [-0.15, -0.1) is 0 Å². The number of nitrogens with zero attached hydrogens (tertiary/aromatic N) is 4. The van der Waals surface area contributed by atoms with E-state index < -0.39 is 11.0 Å². The average Bonchev–Trinajstić information content (AvgIpc) is 2.82. The molecular weight excluding hydrogens is 250 g/mol. The van der Waals surface area contributed by atoms with Crippen LogP contribution in [0.15, 0.2) is 6.20 Å². The summed E-state index contributed by atoms with van der Waals surface area (Å²) in [4.78, 5) is 20.4. The lowest BCUT2D eigenvalue weighted by molar-refractivity contribution is -0.384. The third kappa shape index (κ3) is 3.08. The summed E-state index contributed by atoms with van der Waals surface area (Å²) in [5, 5.41) is 23.5. The predicted octanol–water partition coefficient (Wildman–Crippen LogP) is 0.778. The molecule has 2 heterocycles. The van der Waals surface area contributed by atoms with E-state index in [1.165, 1.54) is 6.20 Å². The molecule has 1 unspecified atom stereocenters. The van der Waals surface area contributed by atoms with Crippen LogP contribution in [0, 0.1) is 10.1 Å². The van der Waals surface area contributed by atoms with Crippen molar-refractivity contribution in [1.29, 1.82) is 0 Å². The van der Waals surface area contributed by atoms with E-state index in [-0.39, 0.29) is 11.5 Å². The van der Waals surface area contributed by atoms with Gasteiger partial charge in [0.25, 0.3) is 0 Å². The molecule has 0 amide bonds. The van der Waals surface area contributed by atoms with E-state index in [1.54, 1.807) is 4.90 Å². The first kappa shape index (κ1) is 13.5. The molecule has 0 spiro atoms. The zero-order valence-electron chi connectivity index (χ0n) is 10.7. The maximum atomic E-state index is 11.0. The first-order valence-corrected chi connectivity index (χ1v) is 6.30. The Hall–Kier alpha value is -1.96. The van der Waals surface area contributed by atoms with Crippen LogP contribution in [-0.4, -0.2) is 45.7 Å². The Labute approximate surface area is 110 Å². The maximum absolute atomic E-state index is 11.0. The van der Waals surface area contributed by atoms with E-state index in [9.17, 15) is 15.2 Å². The molecule has 1 saturated heterocycles. The van der Waals surface area contributed by atoms with E-state index in [0.29, 0.717) is 32.0 Å². The molecule has 1 aromatic heterocycles. The van der Waals surface area contributed by atoms with Crippen LogP contribution in [0.2, 0.25) is 0 Å². The highest BCUT2D eigenvalue weighted by atomic mass is 16.6. The smallest absolute Gasteiger partial charge is 0.329 e. The lowest BCUT2D eigenvalue weighted by atomic mass is 10.3. The second kappa shape index (κ2) is 5.79. The minimum Gasteiger partial charge on any atom is -0.391 e. The number of aromatic nitrogens is 2. The van der Waals surface area contributed by atoms with Crippen LogP contribution in [0.4, 0.5) is 17.5 Å². The molecule has 1 aromatic rings. The molecule has 1 atom stereocenters. The fourth-order valence-corrected chi connectivity index (χ4v) is 1.98. The summed E-state index contributed by atoms with van der Waals surface area (Å²) in [5.74, 6) is 0.652. The summed E-state index contributed by atoms with van der Waals surface area (Å²) in [5.41, 5.74) is -0.129. The van der Waals surface area contributed by atoms with Crippen molar-refractivity contribution in [2.75, 3.05) is 29.9 Å². The molecule has 104 valence electrons. The van der Waals surface area contributed by atoms with Gasteiger partial charge in [0.05, 0.1) is 11.0 Å². The summed E-state index contributed by atoms with van der Waals surface area (Å²) in [6.07, 6.45) is 2.27. The minimum atomic E-state index is -0.496. The molecule has 0 aliphatic carbocycles. The van der Waals surface area contributed by atoms with Gasteiger partial charge in [0.2, 0.25) is 11.8 Å². The number of aliphatic hydroxyl groups excluding tert-OH is 1. The molecule has 0 saturated carbocycles. The Bertz CT molecular complexity index is 468. The summed E-state index contributed by atoms with van der Waals surface area (Å²) in [7, 11) is 0. The number of aliphatic hydroxyl groups is 1. The van der Waals surface area contributed by atoms with Crippen LogP contribution in [0.1, 0.15) is 19.8 Å². The van der Waals surface area contributed by atoms with Gasteiger partial charge in [-0.05, 0) is 12.8 Å². The molecule has 0 bridgehead atoms. The largest absolute Gasteiger partial charge is 0.391 e. The second-order valence-electron chi connectivity index (χ2n) is 4.47. The van der Waals surface area contributed by atoms with Gasteiger partial charge >= 0.3 is 5.69 Å². The Balaban J connectivity index is 2.28. The van der Waals surface area contributed by atoms with Gasteiger partial charge < -0.3 is 15.3 Å². The molecule has 2 rings (SSSR count). The quantitative estimate of drug-likeness (QED) is 0.600. The third-order valence-electron chi connectivity index (χ3n) is 2.94. The molecule has 8 nitrogen and oxygen atoms in total. The van der Waals surface area contributed by atoms with Crippen molar-refractivity contribution in [3.05, 3.63) is 16.3 Å². The molecule has 1 aliphatic rings. The SMILES string of the molecule is CCCNc1ncc([N+](=O)[O-])c(N2CCC(O)C2)n1. The van der Waals surface area contributed by atoms with Crippen molar-refractivity contribution < 1.29 is 10.0 Å².